The van der Waals surface area contributed by atoms with Gasteiger partial charge < -0.3 is 9.47 Å². The van der Waals surface area contributed by atoms with E-state index in [1.807, 2.05) is 0 Å². The van der Waals surface area contributed by atoms with Gasteiger partial charge in [0.25, 0.3) is 10.0 Å². The molecule has 124 valence electrons. The second kappa shape index (κ2) is 7.28. The predicted octanol–water partition coefficient (Wildman–Crippen LogP) is 2.43. The zero-order valence-electron chi connectivity index (χ0n) is 12.2. The van der Waals surface area contributed by atoms with E-state index in [0.29, 0.717) is 15.2 Å². The number of anilines is 1. The van der Waals surface area contributed by atoms with Gasteiger partial charge in [-0.15, -0.1) is 11.3 Å². The molecule has 0 aliphatic carbocycles. The number of thiazole rings is 1. The van der Waals surface area contributed by atoms with Gasteiger partial charge in [0.05, 0.1) is 26.3 Å². The molecular weight excluding hydrogens is 408 g/mol. The normalized spacial score (nSPS) is 11.1. The molecule has 2 rings (SSSR count). The smallest absolute Gasteiger partial charge is 0.309 e. The zero-order chi connectivity index (χ0) is 17.0. The number of esters is 1. The van der Waals surface area contributed by atoms with Gasteiger partial charge >= 0.3 is 5.97 Å². The van der Waals surface area contributed by atoms with E-state index in [-0.39, 0.29) is 17.1 Å². The minimum Gasteiger partial charge on any atom is -0.495 e. The Hall–Kier alpha value is -1.65. The fourth-order valence-corrected chi connectivity index (χ4v) is 4.20. The van der Waals surface area contributed by atoms with Crippen molar-refractivity contribution in [2.75, 3.05) is 18.9 Å². The molecule has 1 heterocycles. The summed E-state index contributed by atoms with van der Waals surface area (Å²) in [5.41, 5.74) is 0.901. The number of sulfonamides is 1. The summed E-state index contributed by atoms with van der Waals surface area (Å²) in [6, 6.07) is 4.72. The molecule has 0 saturated heterocycles. The topological polar surface area (TPSA) is 94.6 Å². The molecule has 0 fully saturated rings. The van der Waals surface area contributed by atoms with Crippen LogP contribution in [0.4, 0.5) is 5.69 Å². The van der Waals surface area contributed by atoms with Gasteiger partial charge in [-0.25, -0.2) is 4.98 Å². The van der Waals surface area contributed by atoms with E-state index >= 15 is 0 Å². The minimum absolute atomic E-state index is 0.0684. The predicted molar refractivity (Wildman–Crippen MR) is 89.3 cm³/mol. The van der Waals surface area contributed by atoms with Gasteiger partial charge in [0.2, 0.25) is 0 Å². The molecule has 2 aromatic rings. The lowest BCUT2D eigenvalue weighted by molar-refractivity contribution is -0.139. The molecule has 0 saturated carbocycles. The van der Waals surface area contributed by atoms with Gasteiger partial charge in [-0.05, 0) is 33.6 Å². The first-order chi connectivity index (χ1) is 10.9. The van der Waals surface area contributed by atoms with Gasteiger partial charge in [-0.1, -0.05) is 6.07 Å². The first-order valence-electron chi connectivity index (χ1n) is 6.23. The lowest BCUT2D eigenvalue weighted by atomic mass is 10.1. The molecule has 1 aromatic heterocycles. The van der Waals surface area contributed by atoms with Crippen molar-refractivity contribution >= 4 is 48.9 Å². The maximum atomic E-state index is 12.3. The van der Waals surface area contributed by atoms with Crippen molar-refractivity contribution in [3.63, 3.8) is 0 Å². The van der Waals surface area contributed by atoms with E-state index in [9.17, 15) is 13.2 Å². The van der Waals surface area contributed by atoms with E-state index in [1.54, 1.807) is 12.1 Å². The molecule has 10 heteroatoms. The standard InChI is InChI=1S/C13H13BrN2O5S2/c1-20-10-5-8(6-12(17)21-2)3-4-9(10)16-23(18,19)11-7-22-13(14)15-11/h3-5,7,16H,6H2,1-2H3. The summed E-state index contributed by atoms with van der Waals surface area (Å²) in [7, 11) is -1.11. The molecule has 1 N–H and O–H groups in total. The molecule has 0 amide bonds. The number of ether oxygens (including phenoxy) is 2. The summed E-state index contributed by atoms with van der Waals surface area (Å²) in [6.45, 7) is 0. The van der Waals surface area contributed by atoms with Gasteiger partial charge in [-0.3, -0.25) is 9.52 Å². The Morgan fingerprint density at radius 3 is 2.70 bits per heavy atom. The van der Waals surface area contributed by atoms with Crippen LogP contribution in [0.1, 0.15) is 5.56 Å². The third kappa shape index (κ3) is 4.43. The lowest BCUT2D eigenvalue weighted by Crippen LogP contribution is -2.14. The van der Waals surface area contributed by atoms with E-state index in [2.05, 4.69) is 30.4 Å². The Morgan fingerprint density at radius 2 is 2.13 bits per heavy atom. The number of aromatic nitrogens is 1. The summed E-state index contributed by atoms with van der Waals surface area (Å²) in [6.07, 6.45) is 0.0684. The van der Waals surface area contributed by atoms with Gasteiger partial charge in [0.15, 0.2) is 8.94 Å². The second-order valence-electron chi connectivity index (χ2n) is 4.33. The zero-order valence-corrected chi connectivity index (χ0v) is 15.4. The summed E-state index contributed by atoms with van der Waals surface area (Å²) >= 11 is 4.29. The SMILES string of the molecule is COC(=O)Cc1ccc(NS(=O)(=O)c2csc(Br)n2)c(OC)c1. The fourth-order valence-electron chi connectivity index (χ4n) is 1.73. The number of nitrogens with one attached hydrogen (secondary N) is 1. The Morgan fingerprint density at radius 1 is 1.39 bits per heavy atom. The fraction of sp³-hybridized carbons (Fsp3) is 0.231. The molecule has 23 heavy (non-hydrogen) atoms. The average Bonchev–Trinajstić information content (AvgIpc) is 2.96. The number of nitrogens with zero attached hydrogens (tertiary/aromatic N) is 1. The quantitative estimate of drug-likeness (QED) is 0.720. The third-order valence-corrected chi connectivity index (χ3v) is 5.58. The highest BCUT2D eigenvalue weighted by atomic mass is 79.9. The molecule has 7 nitrogen and oxygen atoms in total. The van der Waals surface area contributed by atoms with E-state index in [0.717, 1.165) is 0 Å². The van der Waals surface area contributed by atoms with Crippen LogP contribution in [0.25, 0.3) is 0 Å². The van der Waals surface area contributed by atoms with Crippen LogP contribution < -0.4 is 9.46 Å². The Balaban J connectivity index is 2.27. The van der Waals surface area contributed by atoms with E-state index < -0.39 is 16.0 Å². The number of carbonyl (C=O) groups excluding carboxylic acids is 1. The van der Waals surface area contributed by atoms with Crippen LogP contribution in [0.3, 0.4) is 0 Å². The summed E-state index contributed by atoms with van der Waals surface area (Å²) in [5.74, 6) is -0.100. The number of halogens is 1. The number of benzene rings is 1. The third-order valence-electron chi connectivity index (χ3n) is 2.82. The average molecular weight is 421 g/mol. The second-order valence-corrected chi connectivity index (χ2v) is 8.10. The van der Waals surface area contributed by atoms with Crippen molar-refractivity contribution in [2.24, 2.45) is 0 Å². The van der Waals surface area contributed by atoms with Crippen molar-refractivity contribution < 1.29 is 22.7 Å². The number of methoxy groups -OCH3 is 2. The number of hydrogen-bond donors (Lipinski definition) is 1. The van der Waals surface area contributed by atoms with Crippen LogP contribution in [0, 0.1) is 0 Å². The number of rotatable bonds is 6. The Labute approximate surface area is 145 Å². The van der Waals surface area contributed by atoms with Crippen LogP contribution in [0.15, 0.2) is 32.5 Å². The highest BCUT2D eigenvalue weighted by Crippen LogP contribution is 2.29. The summed E-state index contributed by atoms with van der Waals surface area (Å²) in [4.78, 5) is 15.2. The molecule has 0 radical (unpaired) electrons. The van der Waals surface area contributed by atoms with Gasteiger partial charge in [-0.2, -0.15) is 8.42 Å². The van der Waals surface area contributed by atoms with Crippen LogP contribution in [-0.4, -0.2) is 33.6 Å². The first kappa shape index (κ1) is 17.7. The molecular formula is C13H13BrN2O5S2. The largest absolute Gasteiger partial charge is 0.495 e. The van der Waals surface area contributed by atoms with Crippen LogP contribution in [0.2, 0.25) is 0 Å². The molecule has 0 bridgehead atoms. The van der Waals surface area contributed by atoms with Crippen molar-refractivity contribution in [3.05, 3.63) is 33.1 Å². The maximum absolute atomic E-state index is 12.3. The molecule has 0 spiro atoms. The van der Waals surface area contributed by atoms with Crippen LogP contribution >= 0.6 is 27.3 Å². The molecule has 0 aliphatic rings. The van der Waals surface area contributed by atoms with Gasteiger partial charge in [0, 0.05) is 5.38 Å². The van der Waals surface area contributed by atoms with Crippen LogP contribution in [0.5, 0.6) is 5.75 Å². The number of hydrogen-bond acceptors (Lipinski definition) is 7. The van der Waals surface area contributed by atoms with Crippen molar-refractivity contribution in [3.8, 4) is 5.75 Å². The maximum Gasteiger partial charge on any atom is 0.309 e. The molecule has 0 unspecified atom stereocenters. The highest BCUT2D eigenvalue weighted by Gasteiger charge is 2.20. The monoisotopic (exact) mass is 420 g/mol. The first-order valence-corrected chi connectivity index (χ1v) is 9.39. The van der Waals surface area contributed by atoms with Crippen molar-refractivity contribution in [1.29, 1.82) is 0 Å². The highest BCUT2D eigenvalue weighted by molar-refractivity contribution is 9.11. The summed E-state index contributed by atoms with van der Waals surface area (Å²) in [5, 5.41) is 1.33. The van der Waals surface area contributed by atoms with Crippen LogP contribution in [-0.2, 0) is 26.0 Å². The van der Waals surface area contributed by atoms with Crippen molar-refractivity contribution in [1.82, 2.24) is 4.98 Å². The minimum atomic E-state index is -3.82. The molecule has 0 atom stereocenters. The van der Waals surface area contributed by atoms with Crippen molar-refractivity contribution in [2.45, 2.75) is 11.4 Å². The summed E-state index contributed by atoms with van der Waals surface area (Å²) < 4.78 is 37.2. The van der Waals surface area contributed by atoms with E-state index in [4.69, 9.17) is 4.74 Å². The Bertz CT molecular complexity index is 820. The molecule has 0 aliphatic heterocycles. The lowest BCUT2D eigenvalue weighted by Gasteiger charge is -2.12. The number of carbonyl (C=O) groups is 1. The Kier molecular flexibility index (Phi) is 5.60. The van der Waals surface area contributed by atoms with Gasteiger partial charge in [0.1, 0.15) is 5.75 Å². The van der Waals surface area contributed by atoms with E-state index in [1.165, 1.54) is 37.0 Å². The molecule has 1 aromatic carbocycles.